The van der Waals surface area contributed by atoms with E-state index in [2.05, 4.69) is 5.32 Å². The molecule has 0 aliphatic carbocycles. The third kappa shape index (κ3) is 2.77. The number of thioether (sulfide) groups is 1. The zero-order valence-electron chi connectivity index (χ0n) is 11.9. The largest absolute Gasteiger partial charge is 0.509 e. The number of aliphatic hydroxyl groups is 1. The highest BCUT2D eigenvalue weighted by Crippen LogP contribution is 2.39. The number of aliphatic carboxylic acids is 1. The smallest absolute Gasteiger partial charge is 0.356 e. The van der Waals surface area contributed by atoms with Gasteiger partial charge in [-0.15, -0.1) is 11.8 Å². The fourth-order valence-corrected chi connectivity index (χ4v) is 3.81. The SMILES string of the molecule is O=C(Cc1ccccc1)N[C@@H]1C(=O)N2C(C(=O)O)=C(O)CS[C@H]12. The van der Waals surface area contributed by atoms with Gasteiger partial charge < -0.3 is 15.5 Å². The van der Waals surface area contributed by atoms with Crippen LogP contribution >= 0.6 is 11.8 Å². The number of nitrogens with zero attached hydrogens (tertiary/aromatic N) is 1. The Hall–Kier alpha value is -2.48. The maximum atomic E-state index is 12.1. The summed E-state index contributed by atoms with van der Waals surface area (Å²) in [5.74, 6) is -2.41. The molecule has 1 fully saturated rings. The predicted molar refractivity (Wildman–Crippen MR) is 82.5 cm³/mol. The summed E-state index contributed by atoms with van der Waals surface area (Å²) in [6.45, 7) is 0. The standard InChI is InChI=1S/C15H14N2O5S/c18-9-7-23-14-11(13(20)17(14)12(9)15(21)22)16-10(19)6-8-4-2-1-3-5-8/h1-5,11,14,18H,6-7H2,(H,16,19)(H,21,22)/t11-,14-/m1/s1. The van der Waals surface area contributed by atoms with Gasteiger partial charge in [-0.2, -0.15) is 0 Å². The van der Waals surface area contributed by atoms with Crippen molar-refractivity contribution in [2.24, 2.45) is 0 Å². The number of aliphatic hydroxyl groups excluding tert-OH is 1. The van der Waals surface area contributed by atoms with E-state index in [1.807, 2.05) is 30.3 Å². The minimum absolute atomic E-state index is 0.0983. The first-order chi connectivity index (χ1) is 11.0. The van der Waals surface area contributed by atoms with Gasteiger partial charge in [0.05, 0.1) is 12.2 Å². The van der Waals surface area contributed by atoms with Gasteiger partial charge in [0.15, 0.2) is 5.70 Å². The Labute approximate surface area is 136 Å². The second-order valence-electron chi connectivity index (χ2n) is 5.22. The molecule has 1 saturated heterocycles. The van der Waals surface area contributed by atoms with Gasteiger partial charge in [0.2, 0.25) is 5.91 Å². The normalized spacial score (nSPS) is 23.1. The number of β-lactam (4-membered cyclic amide) rings is 1. The van der Waals surface area contributed by atoms with Gasteiger partial charge in [-0.25, -0.2) is 4.79 Å². The van der Waals surface area contributed by atoms with E-state index in [0.717, 1.165) is 10.5 Å². The van der Waals surface area contributed by atoms with Crippen LogP contribution in [0.3, 0.4) is 0 Å². The molecule has 0 unspecified atom stereocenters. The van der Waals surface area contributed by atoms with Crippen molar-refractivity contribution in [2.75, 3.05) is 5.75 Å². The van der Waals surface area contributed by atoms with Crippen LogP contribution in [0.1, 0.15) is 5.56 Å². The van der Waals surface area contributed by atoms with Crippen LogP contribution in [0.4, 0.5) is 0 Å². The summed E-state index contributed by atoms with van der Waals surface area (Å²) in [4.78, 5) is 36.4. The number of hydrogen-bond acceptors (Lipinski definition) is 5. The van der Waals surface area contributed by atoms with E-state index in [4.69, 9.17) is 5.11 Å². The molecule has 2 aliphatic rings. The number of rotatable bonds is 4. The first-order valence-corrected chi connectivity index (χ1v) is 7.97. The van der Waals surface area contributed by atoms with Crippen LogP contribution < -0.4 is 5.32 Å². The van der Waals surface area contributed by atoms with Gasteiger partial charge >= 0.3 is 5.97 Å². The summed E-state index contributed by atoms with van der Waals surface area (Å²) in [7, 11) is 0. The van der Waals surface area contributed by atoms with Gasteiger partial charge in [0.1, 0.15) is 17.2 Å². The highest BCUT2D eigenvalue weighted by Gasteiger charge is 2.54. The number of benzene rings is 1. The number of carbonyl (C=O) groups is 3. The van der Waals surface area contributed by atoms with Crippen LogP contribution in [0.2, 0.25) is 0 Å². The van der Waals surface area contributed by atoms with E-state index < -0.39 is 29.0 Å². The second-order valence-corrected chi connectivity index (χ2v) is 6.32. The fourth-order valence-electron chi connectivity index (χ4n) is 2.61. The third-order valence-corrected chi connectivity index (χ3v) is 4.94. The summed E-state index contributed by atoms with van der Waals surface area (Å²) < 4.78 is 0. The summed E-state index contributed by atoms with van der Waals surface area (Å²) in [5, 5.41) is 20.9. The Bertz CT molecular complexity index is 703. The van der Waals surface area contributed by atoms with E-state index in [1.54, 1.807) is 0 Å². The van der Waals surface area contributed by atoms with Crippen molar-refractivity contribution in [1.82, 2.24) is 10.2 Å². The van der Waals surface area contributed by atoms with Crippen LogP contribution in [0.5, 0.6) is 0 Å². The lowest BCUT2D eigenvalue weighted by atomic mass is 10.0. The average molecular weight is 334 g/mol. The van der Waals surface area contributed by atoms with E-state index in [9.17, 15) is 19.5 Å². The lowest BCUT2D eigenvalue weighted by Gasteiger charge is -2.48. The van der Waals surface area contributed by atoms with Gasteiger partial charge in [-0.3, -0.25) is 14.5 Å². The molecule has 2 atom stereocenters. The molecule has 3 rings (SSSR count). The Morgan fingerprint density at radius 3 is 2.65 bits per heavy atom. The second kappa shape index (κ2) is 5.96. The Morgan fingerprint density at radius 1 is 1.30 bits per heavy atom. The number of fused-ring (bicyclic) bond motifs is 1. The van der Waals surface area contributed by atoms with Crippen molar-refractivity contribution in [3.05, 3.63) is 47.4 Å². The number of carbonyl (C=O) groups excluding carboxylic acids is 2. The maximum absolute atomic E-state index is 12.1. The molecule has 2 aliphatic heterocycles. The van der Waals surface area contributed by atoms with Crippen LogP contribution in [-0.4, -0.2) is 50.1 Å². The minimum Gasteiger partial charge on any atom is -0.509 e. The monoisotopic (exact) mass is 334 g/mol. The van der Waals surface area contributed by atoms with Crippen LogP contribution in [0.25, 0.3) is 0 Å². The molecule has 1 aromatic rings. The van der Waals surface area contributed by atoms with Crippen molar-refractivity contribution in [1.29, 1.82) is 0 Å². The molecule has 0 spiro atoms. The number of amides is 2. The molecular weight excluding hydrogens is 320 g/mol. The highest BCUT2D eigenvalue weighted by atomic mass is 32.2. The van der Waals surface area contributed by atoms with Crippen LogP contribution in [0.15, 0.2) is 41.8 Å². The molecule has 1 aromatic carbocycles. The lowest BCUT2D eigenvalue weighted by Crippen LogP contribution is -2.70. The van der Waals surface area contributed by atoms with Crippen LogP contribution in [-0.2, 0) is 20.8 Å². The minimum atomic E-state index is -1.35. The number of hydrogen-bond donors (Lipinski definition) is 3. The molecule has 120 valence electrons. The Kier molecular flexibility index (Phi) is 3.99. The van der Waals surface area contributed by atoms with Gasteiger partial charge in [-0.1, -0.05) is 30.3 Å². The Balaban J connectivity index is 1.67. The molecule has 0 radical (unpaired) electrons. The van der Waals surface area contributed by atoms with Crippen molar-refractivity contribution < 1.29 is 24.6 Å². The first kappa shape index (κ1) is 15.4. The summed E-state index contributed by atoms with van der Waals surface area (Å²) >= 11 is 1.22. The molecule has 2 heterocycles. The van der Waals surface area contributed by atoms with Crippen molar-refractivity contribution in [3.63, 3.8) is 0 Å². The summed E-state index contributed by atoms with van der Waals surface area (Å²) in [6.07, 6.45) is 0.148. The van der Waals surface area contributed by atoms with E-state index >= 15 is 0 Å². The fraction of sp³-hybridized carbons (Fsp3) is 0.267. The molecule has 2 amide bonds. The van der Waals surface area contributed by atoms with E-state index in [0.29, 0.717) is 0 Å². The molecule has 0 aromatic heterocycles. The molecular formula is C15H14N2O5S. The highest BCUT2D eigenvalue weighted by molar-refractivity contribution is 8.00. The summed E-state index contributed by atoms with van der Waals surface area (Å²) in [6, 6.07) is 8.35. The van der Waals surface area contributed by atoms with Gasteiger partial charge in [0, 0.05) is 0 Å². The predicted octanol–water partition coefficient (Wildman–Crippen LogP) is 0.483. The zero-order chi connectivity index (χ0) is 16.6. The van der Waals surface area contributed by atoms with Crippen molar-refractivity contribution in [2.45, 2.75) is 17.8 Å². The van der Waals surface area contributed by atoms with E-state index in [1.165, 1.54) is 11.8 Å². The zero-order valence-corrected chi connectivity index (χ0v) is 12.7. The lowest BCUT2D eigenvalue weighted by molar-refractivity contribution is -0.151. The van der Waals surface area contributed by atoms with Gasteiger partial charge in [0.25, 0.3) is 5.91 Å². The molecule has 0 bridgehead atoms. The topological polar surface area (TPSA) is 107 Å². The quantitative estimate of drug-likeness (QED) is 0.692. The van der Waals surface area contributed by atoms with Crippen molar-refractivity contribution >= 4 is 29.5 Å². The average Bonchev–Trinajstić information content (AvgIpc) is 2.53. The summed E-state index contributed by atoms with van der Waals surface area (Å²) in [5.41, 5.74) is 0.431. The molecule has 0 saturated carbocycles. The number of carboxylic acids is 1. The van der Waals surface area contributed by atoms with E-state index in [-0.39, 0.29) is 23.8 Å². The number of carboxylic acid groups (broad SMARTS) is 1. The molecule has 3 N–H and O–H groups in total. The molecule has 8 heteroatoms. The molecule has 23 heavy (non-hydrogen) atoms. The molecule has 7 nitrogen and oxygen atoms in total. The van der Waals surface area contributed by atoms with Crippen molar-refractivity contribution in [3.8, 4) is 0 Å². The first-order valence-electron chi connectivity index (χ1n) is 6.92. The Morgan fingerprint density at radius 2 is 2.00 bits per heavy atom. The third-order valence-electron chi connectivity index (χ3n) is 3.67. The number of nitrogens with one attached hydrogen (secondary N) is 1. The maximum Gasteiger partial charge on any atom is 0.356 e. The van der Waals surface area contributed by atoms with Crippen LogP contribution in [0, 0.1) is 0 Å². The van der Waals surface area contributed by atoms with Gasteiger partial charge in [-0.05, 0) is 5.56 Å².